The van der Waals surface area contributed by atoms with Gasteiger partial charge in [0.15, 0.2) is 0 Å². The van der Waals surface area contributed by atoms with Crippen molar-refractivity contribution in [2.75, 3.05) is 0 Å². The summed E-state index contributed by atoms with van der Waals surface area (Å²) in [6.45, 7) is 0. The molecule has 1 N–H and O–H groups in total. The first-order chi connectivity index (χ1) is 11.6. The molecule has 0 aliphatic carbocycles. The predicted octanol–water partition coefficient (Wildman–Crippen LogP) is 4.14. The number of amides is 1. The van der Waals surface area contributed by atoms with Gasteiger partial charge in [0.05, 0.1) is 17.5 Å². The van der Waals surface area contributed by atoms with Crippen LogP contribution in [0.4, 0.5) is 4.39 Å². The highest BCUT2D eigenvalue weighted by atomic mass is 79.9. The molecule has 6 heteroatoms. The van der Waals surface area contributed by atoms with E-state index in [0.717, 1.165) is 15.9 Å². The van der Waals surface area contributed by atoms with E-state index >= 15 is 0 Å². The van der Waals surface area contributed by atoms with E-state index in [4.69, 9.17) is 0 Å². The number of aromatic nitrogens is 1. The van der Waals surface area contributed by atoms with Crippen LogP contribution in [-0.2, 0) is 0 Å². The summed E-state index contributed by atoms with van der Waals surface area (Å²) < 4.78 is 16.5. The molecule has 1 amide bonds. The lowest BCUT2D eigenvalue weighted by molar-refractivity contribution is 0.0951. The first kappa shape index (κ1) is 16.1. The number of halogens is 2. The topological polar surface area (TPSA) is 46.4 Å². The van der Waals surface area contributed by atoms with Crippen LogP contribution in [0.1, 0.15) is 16.1 Å². The van der Waals surface area contributed by atoms with Crippen LogP contribution >= 0.6 is 15.9 Å². The van der Waals surface area contributed by atoms with Gasteiger partial charge in [0.2, 0.25) is 0 Å². The largest absolute Gasteiger partial charge is 0.316 e. The molecule has 0 atom stereocenters. The molecule has 24 heavy (non-hydrogen) atoms. The molecule has 4 nitrogen and oxygen atoms in total. The maximum absolute atomic E-state index is 13.5. The Morgan fingerprint density at radius 2 is 1.83 bits per heavy atom. The molecule has 0 bridgehead atoms. The van der Waals surface area contributed by atoms with Gasteiger partial charge in [-0.1, -0.05) is 28.1 Å². The first-order valence-corrected chi connectivity index (χ1v) is 7.96. The second-order valence-electron chi connectivity index (χ2n) is 4.96. The second kappa shape index (κ2) is 7.23. The monoisotopic (exact) mass is 385 g/mol. The molecule has 3 rings (SSSR count). The van der Waals surface area contributed by atoms with E-state index in [1.54, 1.807) is 6.07 Å². The standard InChI is InChI=1S/C18H13BrFN3O/c19-13-7-9-14(10-8-13)23-11-3-4-15(23)12-21-22-18(24)16-5-1-2-6-17(16)20/h1-12H,(H,22,24)/b21-12-. The lowest BCUT2D eigenvalue weighted by Gasteiger charge is -2.06. The Labute approximate surface area is 146 Å². The first-order valence-electron chi connectivity index (χ1n) is 7.16. The summed E-state index contributed by atoms with van der Waals surface area (Å²) in [6.07, 6.45) is 3.41. The van der Waals surface area contributed by atoms with Gasteiger partial charge in [-0.2, -0.15) is 5.10 Å². The van der Waals surface area contributed by atoms with Crippen LogP contribution in [0.2, 0.25) is 0 Å². The Kier molecular flexibility index (Phi) is 4.86. The summed E-state index contributed by atoms with van der Waals surface area (Å²) in [6, 6.07) is 17.3. The minimum atomic E-state index is -0.592. The molecule has 0 aliphatic rings. The molecule has 2 aromatic carbocycles. The van der Waals surface area contributed by atoms with Crippen molar-refractivity contribution in [3.8, 4) is 5.69 Å². The van der Waals surface area contributed by atoms with E-state index in [2.05, 4.69) is 26.5 Å². The summed E-state index contributed by atoms with van der Waals surface area (Å²) >= 11 is 3.40. The van der Waals surface area contributed by atoms with Crippen LogP contribution in [0.5, 0.6) is 0 Å². The molecule has 0 saturated heterocycles. The van der Waals surface area contributed by atoms with Crippen LogP contribution in [0.25, 0.3) is 5.69 Å². The fraction of sp³-hybridized carbons (Fsp3) is 0. The van der Waals surface area contributed by atoms with Crippen LogP contribution < -0.4 is 5.43 Å². The van der Waals surface area contributed by atoms with Gasteiger partial charge in [0, 0.05) is 16.4 Å². The molecular weight excluding hydrogens is 373 g/mol. The highest BCUT2D eigenvalue weighted by molar-refractivity contribution is 9.10. The zero-order chi connectivity index (χ0) is 16.9. The third-order valence-electron chi connectivity index (χ3n) is 3.37. The molecule has 0 saturated carbocycles. The molecule has 0 spiro atoms. The van der Waals surface area contributed by atoms with Crippen molar-refractivity contribution in [3.05, 3.63) is 88.4 Å². The predicted molar refractivity (Wildman–Crippen MR) is 94.9 cm³/mol. The Morgan fingerprint density at radius 1 is 1.08 bits per heavy atom. The Hall–Kier alpha value is -2.73. The van der Waals surface area contributed by atoms with E-state index in [1.165, 1.54) is 24.4 Å². The average Bonchev–Trinajstić information content (AvgIpc) is 3.04. The number of nitrogens with zero attached hydrogens (tertiary/aromatic N) is 2. The molecule has 3 aromatic rings. The van der Waals surface area contributed by atoms with Crippen LogP contribution in [0.15, 0.2) is 76.4 Å². The van der Waals surface area contributed by atoms with Gasteiger partial charge in [-0.25, -0.2) is 9.82 Å². The lowest BCUT2D eigenvalue weighted by atomic mass is 10.2. The quantitative estimate of drug-likeness (QED) is 0.532. The SMILES string of the molecule is O=C(N/N=C\c1cccn1-c1ccc(Br)cc1)c1ccccc1F. The Balaban J connectivity index is 1.74. The summed E-state index contributed by atoms with van der Waals surface area (Å²) in [7, 11) is 0. The number of rotatable bonds is 4. The van der Waals surface area contributed by atoms with Crippen molar-refractivity contribution >= 4 is 28.1 Å². The van der Waals surface area contributed by atoms with E-state index in [1.807, 2.05) is 47.2 Å². The number of hydrogen-bond acceptors (Lipinski definition) is 2. The van der Waals surface area contributed by atoms with E-state index < -0.39 is 11.7 Å². The van der Waals surface area contributed by atoms with Gasteiger partial charge < -0.3 is 4.57 Å². The zero-order valence-electron chi connectivity index (χ0n) is 12.5. The van der Waals surface area contributed by atoms with Crippen molar-refractivity contribution < 1.29 is 9.18 Å². The van der Waals surface area contributed by atoms with Crippen molar-refractivity contribution in [2.45, 2.75) is 0 Å². The molecule has 0 radical (unpaired) electrons. The van der Waals surface area contributed by atoms with Crippen LogP contribution in [0.3, 0.4) is 0 Å². The maximum atomic E-state index is 13.5. The van der Waals surface area contributed by atoms with E-state index in [9.17, 15) is 9.18 Å². The molecule has 1 heterocycles. The number of carbonyl (C=O) groups excluding carboxylic acids is 1. The minimum absolute atomic E-state index is 0.0436. The van der Waals surface area contributed by atoms with Gasteiger partial charge in [-0.3, -0.25) is 4.79 Å². The number of hydrazone groups is 1. The van der Waals surface area contributed by atoms with Crippen molar-refractivity contribution in [1.29, 1.82) is 0 Å². The molecular formula is C18H13BrFN3O. The molecule has 0 aliphatic heterocycles. The van der Waals surface area contributed by atoms with Gasteiger partial charge in [-0.05, 0) is 48.5 Å². The van der Waals surface area contributed by atoms with Crippen molar-refractivity contribution in [3.63, 3.8) is 0 Å². The maximum Gasteiger partial charge on any atom is 0.274 e. The molecule has 0 fully saturated rings. The normalized spacial score (nSPS) is 10.9. The van der Waals surface area contributed by atoms with Gasteiger partial charge >= 0.3 is 0 Å². The molecule has 0 unspecified atom stereocenters. The molecule has 1 aromatic heterocycles. The fourth-order valence-electron chi connectivity index (χ4n) is 2.20. The van der Waals surface area contributed by atoms with Gasteiger partial charge in [0.1, 0.15) is 5.82 Å². The van der Waals surface area contributed by atoms with Crippen LogP contribution in [-0.4, -0.2) is 16.7 Å². The van der Waals surface area contributed by atoms with Crippen molar-refractivity contribution in [2.24, 2.45) is 5.10 Å². The Bertz CT molecular complexity index is 887. The van der Waals surface area contributed by atoms with E-state index in [0.29, 0.717) is 0 Å². The number of benzene rings is 2. The average molecular weight is 386 g/mol. The smallest absolute Gasteiger partial charge is 0.274 e. The van der Waals surface area contributed by atoms with Crippen LogP contribution in [0, 0.1) is 5.82 Å². The summed E-state index contributed by atoms with van der Waals surface area (Å²) in [5.41, 5.74) is 4.04. The van der Waals surface area contributed by atoms with E-state index in [-0.39, 0.29) is 5.56 Å². The van der Waals surface area contributed by atoms with Crippen molar-refractivity contribution in [1.82, 2.24) is 9.99 Å². The zero-order valence-corrected chi connectivity index (χ0v) is 14.1. The number of carbonyl (C=O) groups is 1. The number of nitrogens with one attached hydrogen (secondary N) is 1. The molecule has 120 valence electrons. The Morgan fingerprint density at radius 3 is 2.58 bits per heavy atom. The lowest BCUT2D eigenvalue weighted by Crippen LogP contribution is -2.19. The minimum Gasteiger partial charge on any atom is -0.316 e. The number of hydrogen-bond donors (Lipinski definition) is 1. The highest BCUT2D eigenvalue weighted by Gasteiger charge is 2.09. The summed E-state index contributed by atoms with van der Waals surface area (Å²) in [5.74, 6) is -1.17. The fourth-order valence-corrected chi connectivity index (χ4v) is 2.46. The third kappa shape index (κ3) is 3.60. The third-order valence-corrected chi connectivity index (χ3v) is 3.90. The summed E-state index contributed by atoms with van der Waals surface area (Å²) in [4.78, 5) is 11.9. The second-order valence-corrected chi connectivity index (χ2v) is 5.87. The summed E-state index contributed by atoms with van der Waals surface area (Å²) in [5, 5.41) is 3.91. The highest BCUT2D eigenvalue weighted by Crippen LogP contribution is 2.16. The van der Waals surface area contributed by atoms with Gasteiger partial charge in [-0.15, -0.1) is 0 Å². The van der Waals surface area contributed by atoms with Gasteiger partial charge in [0.25, 0.3) is 5.91 Å².